The number of Topliss-reactive ketones (excluding diaryl/α,β-unsaturated/α-hetero) is 1. The summed E-state index contributed by atoms with van der Waals surface area (Å²) in [5.74, 6) is 0.163. The van der Waals surface area contributed by atoms with E-state index in [4.69, 9.17) is 19.9 Å². The Kier molecular flexibility index (Phi) is 6.75. The van der Waals surface area contributed by atoms with Gasteiger partial charge in [-0.3, -0.25) is 9.59 Å². The van der Waals surface area contributed by atoms with Crippen molar-refractivity contribution in [1.29, 1.82) is 5.26 Å². The fraction of sp³-hybridized carbons (Fsp3) is 0.321. The van der Waals surface area contributed by atoms with Crippen LogP contribution in [0.25, 0.3) is 0 Å². The summed E-state index contributed by atoms with van der Waals surface area (Å²) in [6, 6.07) is 14.7. The van der Waals surface area contributed by atoms with Gasteiger partial charge in [0.2, 0.25) is 5.88 Å². The van der Waals surface area contributed by atoms with Gasteiger partial charge in [-0.05, 0) is 42.2 Å². The highest BCUT2D eigenvalue weighted by atomic mass is 16.5. The van der Waals surface area contributed by atoms with Crippen LogP contribution in [0.4, 0.5) is 5.69 Å². The maximum atomic E-state index is 13.2. The molecule has 36 heavy (non-hydrogen) atoms. The summed E-state index contributed by atoms with van der Waals surface area (Å²) in [7, 11) is 1.48. The first kappa shape index (κ1) is 24.9. The molecule has 0 saturated heterocycles. The number of rotatable bonds is 6. The quantitative estimate of drug-likeness (QED) is 0.616. The summed E-state index contributed by atoms with van der Waals surface area (Å²) < 4.78 is 17.0. The molecule has 0 fully saturated rings. The van der Waals surface area contributed by atoms with E-state index >= 15 is 0 Å². The van der Waals surface area contributed by atoms with Crippen LogP contribution in [0.15, 0.2) is 65.3 Å². The summed E-state index contributed by atoms with van der Waals surface area (Å²) in [5.41, 5.74) is 8.88. The van der Waals surface area contributed by atoms with E-state index in [1.165, 1.54) is 7.11 Å². The van der Waals surface area contributed by atoms with Gasteiger partial charge in [-0.2, -0.15) is 5.26 Å². The van der Waals surface area contributed by atoms with Crippen LogP contribution >= 0.6 is 0 Å². The van der Waals surface area contributed by atoms with Crippen molar-refractivity contribution in [2.45, 2.75) is 39.5 Å². The highest BCUT2D eigenvalue weighted by molar-refractivity contribution is 6.00. The highest BCUT2D eigenvalue weighted by Gasteiger charge is 2.43. The number of hydrogen-bond donors (Lipinski definition) is 2. The van der Waals surface area contributed by atoms with Gasteiger partial charge >= 0.3 is 0 Å². The second kappa shape index (κ2) is 9.78. The number of nitrogens with zero attached hydrogens (tertiary/aromatic N) is 1. The molecule has 3 N–H and O–H groups in total. The minimum atomic E-state index is -0.671. The van der Waals surface area contributed by atoms with Crippen molar-refractivity contribution in [1.82, 2.24) is 0 Å². The van der Waals surface area contributed by atoms with Gasteiger partial charge in [0, 0.05) is 24.1 Å². The molecule has 0 bridgehead atoms. The summed E-state index contributed by atoms with van der Waals surface area (Å²) >= 11 is 0. The summed E-state index contributed by atoms with van der Waals surface area (Å²) in [4.78, 5) is 25.5. The summed E-state index contributed by atoms with van der Waals surface area (Å²) in [6.45, 7) is 5.74. The van der Waals surface area contributed by atoms with E-state index in [1.54, 1.807) is 18.2 Å². The van der Waals surface area contributed by atoms with E-state index in [0.717, 1.165) is 5.56 Å². The molecule has 8 nitrogen and oxygen atoms in total. The first-order chi connectivity index (χ1) is 17.1. The third-order valence-corrected chi connectivity index (χ3v) is 6.29. The normalized spacial score (nSPS) is 18.6. The van der Waals surface area contributed by atoms with Crippen LogP contribution in [0.1, 0.15) is 43.7 Å². The Balaban J connectivity index is 1.59. The molecule has 2 aliphatic rings. The van der Waals surface area contributed by atoms with Gasteiger partial charge in [-0.1, -0.05) is 37.6 Å². The zero-order chi connectivity index (χ0) is 26.0. The van der Waals surface area contributed by atoms with E-state index in [9.17, 15) is 14.9 Å². The van der Waals surface area contributed by atoms with Gasteiger partial charge in [0.25, 0.3) is 5.91 Å². The topological polar surface area (TPSA) is 124 Å². The number of benzene rings is 2. The van der Waals surface area contributed by atoms with Crippen LogP contribution in [0.3, 0.4) is 0 Å². The molecule has 0 radical (unpaired) electrons. The van der Waals surface area contributed by atoms with Crippen LogP contribution in [-0.4, -0.2) is 25.4 Å². The largest absolute Gasteiger partial charge is 0.493 e. The number of amides is 1. The lowest BCUT2D eigenvalue weighted by molar-refractivity contribution is -0.119. The summed E-state index contributed by atoms with van der Waals surface area (Å²) in [5, 5.41) is 12.6. The number of nitrogens with one attached hydrogen (secondary N) is 1. The molecular formula is C28H29N3O5. The molecular weight excluding hydrogens is 458 g/mol. The Morgan fingerprint density at radius 1 is 1.19 bits per heavy atom. The van der Waals surface area contributed by atoms with E-state index < -0.39 is 5.92 Å². The first-order valence-electron chi connectivity index (χ1n) is 11.6. The molecule has 1 amide bonds. The Labute approximate surface area is 210 Å². The van der Waals surface area contributed by atoms with Crippen molar-refractivity contribution >= 4 is 17.4 Å². The molecule has 4 rings (SSSR count). The zero-order valence-corrected chi connectivity index (χ0v) is 20.8. The second-order valence-electron chi connectivity index (χ2n) is 9.82. The van der Waals surface area contributed by atoms with E-state index in [-0.39, 0.29) is 35.2 Å². The van der Waals surface area contributed by atoms with Gasteiger partial charge in [0.1, 0.15) is 17.4 Å². The Morgan fingerprint density at radius 3 is 2.58 bits per heavy atom. The lowest BCUT2D eigenvalue weighted by Gasteiger charge is -2.37. The number of allylic oxidation sites excluding steroid dienone is 3. The summed E-state index contributed by atoms with van der Waals surface area (Å²) in [6.07, 6.45) is 0.886. The third-order valence-electron chi connectivity index (χ3n) is 6.29. The van der Waals surface area contributed by atoms with Crippen LogP contribution in [0, 0.1) is 23.7 Å². The Bertz CT molecular complexity index is 1320. The predicted octanol–water partition coefficient (Wildman–Crippen LogP) is 4.47. The number of anilines is 1. The van der Waals surface area contributed by atoms with Gasteiger partial charge in [-0.15, -0.1) is 0 Å². The number of methoxy groups -OCH3 is 1. The number of hydrogen-bond acceptors (Lipinski definition) is 7. The smallest absolute Gasteiger partial charge is 0.262 e. The molecule has 1 heterocycles. The molecule has 1 unspecified atom stereocenters. The van der Waals surface area contributed by atoms with Gasteiger partial charge in [-0.25, -0.2) is 0 Å². The molecule has 0 saturated carbocycles. The number of ketones is 1. The minimum absolute atomic E-state index is 0.00109. The third kappa shape index (κ3) is 5.05. The average Bonchev–Trinajstić information content (AvgIpc) is 2.82. The SMILES string of the molecule is COc1cc(C2C(C#N)=C(N)OC3=C2C(=O)CC(C)(C)C3)ccc1OCC(=O)Nc1ccc(C)cc1. The highest BCUT2D eigenvalue weighted by Crippen LogP contribution is 2.48. The van der Waals surface area contributed by atoms with Crippen molar-refractivity contribution in [3.05, 3.63) is 76.4 Å². The maximum Gasteiger partial charge on any atom is 0.262 e. The fourth-order valence-electron chi connectivity index (χ4n) is 4.58. The molecule has 2 aromatic rings. The fourth-order valence-corrected chi connectivity index (χ4v) is 4.58. The van der Waals surface area contributed by atoms with Gasteiger partial charge in [0.15, 0.2) is 23.9 Å². The van der Waals surface area contributed by atoms with Crippen LogP contribution in [0.5, 0.6) is 11.5 Å². The molecule has 0 spiro atoms. The first-order valence-corrected chi connectivity index (χ1v) is 11.6. The minimum Gasteiger partial charge on any atom is -0.493 e. The van der Waals surface area contributed by atoms with Crippen molar-refractivity contribution in [3.63, 3.8) is 0 Å². The standard InChI is InChI=1S/C28H29N3O5/c1-16-5-8-18(9-6-16)31-24(33)15-35-21-10-7-17(11-22(21)34-4)25-19(14-29)27(30)36-23-13-28(2,3)12-20(32)26(23)25/h5-11,25H,12-13,15,30H2,1-4H3,(H,31,33). The Hall–Kier alpha value is -4.25. The number of carbonyl (C=O) groups is 2. The van der Waals surface area contributed by atoms with E-state index in [2.05, 4.69) is 11.4 Å². The van der Waals surface area contributed by atoms with Crippen LogP contribution in [-0.2, 0) is 14.3 Å². The number of carbonyl (C=O) groups excluding carboxylic acids is 2. The molecule has 1 atom stereocenters. The van der Waals surface area contributed by atoms with Crippen molar-refractivity contribution in [3.8, 4) is 17.6 Å². The van der Waals surface area contributed by atoms with Crippen LogP contribution in [0.2, 0.25) is 0 Å². The number of nitrogens with two attached hydrogens (primary N) is 1. The Morgan fingerprint density at radius 2 is 1.92 bits per heavy atom. The van der Waals surface area contributed by atoms with Crippen molar-refractivity contribution in [2.75, 3.05) is 19.0 Å². The molecule has 8 heteroatoms. The average molecular weight is 488 g/mol. The second-order valence-corrected chi connectivity index (χ2v) is 9.82. The molecule has 0 aromatic heterocycles. The maximum absolute atomic E-state index is 13.2. The lowest BCUT2D eigenvalue weighted by Crippen LogP contribution is -2.33. The van der Waals surface area contributed by atoms with Gasteiger partial charge in [0.05, 0.1) is 13.0 Å². The zero-order valence-electron chi connectivity index (χ0n) is 20.8. The molecule has 1 aliphatic heterocycles. The van der Waals surface area contributed by atoms with Crippen LogP contribution < -0.4 is 20.5 Å². The predicted molar refractivity (Wildman–Crippen MR) is 134 cm³/mol. The van der Waals surface area contributed by atoms with Gasteiger partial charge < -0.3 is 25.3 Å². The molecule has 1 aliphatic carbocycles. The van der Waals surface area contributed by atoms with E-state index in [0.29, 0.717) is 46.9 Å². The van der Waals surface area contributed by atoms with Crippen molar-refractivity contribution in [2.24, 2.45) is 11.1 Å². The number of ether oxygens (including phenoxy) is 3. The lowest BCUT2D eigenvalue weighted by atomic mass is 9.70. The monoisotopic (exact) mass is 487 g/mol. The van der Waals surface area contributed by atoms with E-state index in [1.807, 2.05) is 45.0 Å². The number of nitriles is 1. The molecule has 186 valence electrons. The van der Waals surface area contributed by atoms with Crippen molar-refractivity contribution < 1.29 is 23.8 Å². The molecule has 2 aromatic carbocycles. The number of aryl methyl sites for hydroxylation is 1.